The van der Waals surface area contributed by atoms with Crippen LogP contribution in [0.3, 0.4) is 0 Å². The Hall–Kier alpha value is -1.25. The predicted octanol–water partition coefficient (Wildman–Crippen LogP) is 6.54. The summed E-state index contributed by atoms with van der Waals surface area (Å²) >= 11 is 0. The van der Waals surface area contributed by atoms with E-state index in [1.165, 1.54) is 57.8 Å². The Labute approximate surface area is 163 Å². The third-order valence-corrected chi connectivity index (χ3v) is 7.27. The van der Waals surface area contributed by atoms with Gasteiger partial charge in [0.05, 0.1) is 13.2 Å². The molecule has 4 atom stereocenters. The van der Waals surface area contributed by atoms with Gasteiger partial charge in [0, 0.05) is 5.56 Å². The van der Waals surface area contributed by atoms with Gasteiger partial charge in [0.1, 0.15) is 5.75 Å². The molecule has 0 aromatic heterocycles. The highest BCUT2D eigenvalue weighted by molar-refractivity contribution is 5.41. The van der Waals surface area contributed by atoms with E-state index in [9.17, 15) is 4.39 Å². The molecule has 3 heteroatoms. The third kappa shape index (κ3) is 4.60. The predicted molar refractivity (Wildman–Crippen MR) is 107 cm³/mol. The number of hydrogen-bond donors (Lipinski definition) is 0. The number of fused-ring (bicyclic) bond motifs is 1. The molecule has 3 aliphatic rings. The van der Waals surface area contributed by atoms with E-state index in [1.54, 1.807) is 13.0 Å². The van der Waals surface area contributed by atoms with Gasteiger partial charge < -0.3 is 9.47 Å². The van der Waals surface area contributed by atoms with Gasteiger partial charge in [-0.25, -0.2) is 4.39 Å². The molecule has 0 radical (unpaired) electrons. The number of hydrogen-bond acceptors (Lipinski definition) is 2. The van der Waals surface area contributed by atoms with Gasteiger partial charge >= 0.3 is 0 Å². The fraction of sp³-hybridized carbons (Fsp3) is 0.750. The van der Waals surface area contributed by atoms with E-state index in [0.717, 1.165) is 30.3 Å². The van der Waals surface area contributed by atoms with Crippen LogP contribution in [0.25, 0.3) is 0 Å². The summed E-state index contributed by atoms with van der Waals surface area (Å²) in [5.41, 5.74) is 0.565. The van der Waals surface area contributed by atoms with Crippen LogP contribution in [0.2, 0.25) is 0 Å². The number of ether oxygens (including phenoxy) is 2. The van der Waals surface area contributed by atoms with E-state index >= 15 is 0 Å². The first kappa shape index (κ1) is 19.1. The van der Waals surface area contributed by atoms with Crippen LogP contribution in [0.5, 0.6) is 11.5 Å². The minimum Gasteiger partial charge on any atom is -0.493 e. The Bertz CT molecular complexity index is 640. The maximum Gasteiger partial charge on any atom is 0.171 e. The van der Waals surface area contributed by atoms with E-state index in [0.29, 0.717) is 29.6 Å². The van der Waals surface area contributed by atoms with E-state index < -0.39 is 0 Å². The van der Waals surface area contributed by atoms with E-state index in [-0.39, 0.29) is 5.82 Å². The van der Waals surface area contributed by atoms with Crippen LogP contribution >= 0.6 is 0 Å². The quantitative estimate of drug-likeness (QED) is 0.539. The summed E-state index contributed by atoms with van der Waals surface area (Å²) in [4.78, 5) is 0. The van der Waals surface area contributed by atoms with Crippen LogP contribution in [0.4, 0.5) is 4.39 Å². The fourth-order valence-electron chi connectivity index (χ4n) is 5.55. The smallest absolute Gasteiger partial charge is 0.171 e. The molecule has 0 aliphatic heterocycles. The van der Waals surface area contributed by atoms with Crippen molar-refractivity contribution in [2.45, 2.75) is 71.6 Å². The SMILES string of the molecule is CCOc1ccc(OCC2CCC3CC(CC4CC4)CCC3C2)c(C)c1F. The van der Waals surface area contributed by atoms with Crippen LogP contribution in [0.1, 0.15) is 70.3 Å². The first-order chi connectivity index (χ1) is 13.1. The average molecular weight is 375 g/mol. The van der Waals surface area contributed by atoms with Gasteiger partial charge in [-0.2, -0.15) is 0 Å². The molecule has 2 nitrogen and oxygen atoms in total. The van der Waals surface area contributed by atoms with Gasteiger partial charge in [0.2, 0.25) is 0 Å². The molecule has 150 valence electrons. The summed E-state index contributed by atoms with van der Waals surface area (Å²) < 4.78 is 25.8. The molecule has 0 bridgehead atoms. The molecular formula is C24H35FO2. The Kier molecular flexibility index (Phi) is 5.94. The zero-order valence-electron chi connectivity index (χ0n) is 17.0. The van der Waals surface area contributed by atoms with Crippen LogP contribution < -0.4 is 9.47 Å². The maximum absolute atomic E-state index is 14.4. The van der Waals surface area contributed by atoms with Gasteiger partial charge in [0.25, 0.3) is 0 Å². The number of rotatable bonds is 7. The number of benzene rings is 1. The van der Waals surface area contributed by atoms with Gasteiger partial charge in [-0.1, -0.05) is 19.3 Å². The summed E-state index contributed by atoms with van der Waals surface area (Å²) in [5.74, 6) is 5.30. The topological polar surface area (TPSA) is 18.5 Å². The molecule has 0 saturated heterocycles. The summed E-state index contributed by atoms with van der Waals surface area (Å²) in [6, 6.07) is 3.55. The van der Waals surface area contributed by atoms with E-state index in [4.69, 9.17) is 9.47 Å². The second-order valence-corrected chi connectivity index (χ2v) is 9.30. The molecule has 3 fully saturated rings. The molecule has 4 rings (SSSR count). The van der Waals surface area contributed by atoms with Crippen LogP contribution in [0.15, 0.2) is 12.1 Å². The normalized spacial score (nSPS) is 30.6. The molecular weight excluding hydrogens is 339 g/mol. The average Bonchev–Trinajstić information content (AvgIpc) is 3.49. The van der Waals surface area contributed by atoms with Crippen molar-refractivity contribution in [1.29, 1.82) is 0 Å². The monoisotopic (exact) mass is 374 g/mol. The number of halogens is 1. The minimum absolute atomic E-state index is 0.285. The molecule has 0 N–H and O–H groups in total. The third-order valence-electron chi connectivity index (χ3n) is 7.27. The molecule has 4 unspecified atom stereocenters. The van der Waals surface area contributed by atoms with E-state index in [1.807, 2.05) is 13.0 Å². The van der Waals surface area contributed by atoms with Crippen molar-refractivity contribution in [2.24, 2.45) is 29.6 Å². The first-order valence-electron chi connectivity index (χ1n) is 11.2. The lowest BCUT2D eigenvalue weighted by Gasteiger charge is -2.42. The lowest BCUT2D eigenvalue weighted by atomic mass is 9.64. The Morgan fingerprint density at radius 2 is 1.48 bits per heavy atom. The zero-order valence-corrected chi connectivity index (χ0v) is 17.0. The van der Waals surface area contributed by atoms with Gasteiger partial charge in [-0.15, -0.1) is 0 Å². The van der Waals surface area contributed by atoms with Crippen molar-refractivity contribution in [3.8, 4) is 11.5 Å². The zero-order chi connectivity index (χ0) is 18.8. The summed E-state index contributed by atoms with van der Waals surface area (Å²) in [6.07, 6.45) is 12.8. The van der Waals surface area contributed by atoms with Crippen LogP contribution in [-0.4, -0.2) is 13.2 Å². The van der Waals surface area contributed by atoms with E-state index in [2.05, 4.69) is 0 Å². The first-order valence-corrected chi connectivity index (χ1v) is 11.2. The van der Waals surface area contributed by atoms with Crippen molar-refractivity contribution in [3.05, 3.63) is 23.5 Å². The second kappa shape index (κ2) is 8.41. The summed E-state index contributed by atoms with van der Waals surface area (Å²) in [5, 5.41) is 0. The lowest BCUT2D eigenvalue weighted by Crippen LogP contribution is -2.33. The standard InChI is InChI=1S/C24H35FO2/c1-3-26-23-11-10-22(16(2)24(23)25)27-15-19-7-9-20-13-18(12-17-4-5-17)6-8-21(20)14-19/h10-11,17-21H,3-9,12-15H2,1-2H3. The van der Waals surface area contributed by atoms with Crippen molar-refractivity contribution in [3.63, 3.8) is 0 Å². The fourth-order valence-corrected chi connectivity index (χ4v) is 5.55. The van der Waals surface area contributed by atoms with Gasteiger partial charge in [0.15, 0.2) is 11.6 Å². The summed E-state index contributed by atoms with van der Waals surface area (Å²) in [7, 11) is 0. The largest absolute Gasteiger partial charge is 0.493 e. The minimum atomic E-state index is -0.285. The molecule has 3 saturated carbocycles. The van der Waals surface area contributed by atoms with Crippen LogP contribution in [0, 0.1) is 42.3 Å². The molecule has 1 aromatic carbocycles. The highest BCUT2D eigenvalue weighted by Gasteiger charge is 2.37. The highest BCUT2D eigenvalue weighted by atomic mass is 19.1. The molecule has 0 spiro atoms. The lowest BCUT2D eigenvalue weighted by molar-refractivity contribution is 0.0734. The van der Waals surface area contributed by atoms with Crippen LogP contribution in [-0.2, 0) is 0 Å². The van der Waals surface area contributed by atoms with Crippen molar-refractivity contribution >= 4 is 0 Å². The van der Waals surface area contributed by atoms with Gasteiger partial charge in [-0.3, -0.25) is 0 Å². The summed E-state index contributed by atoms with van der Waals surface area (Å²) in [6.45, 7) is 4.85. The molecule has 27 heavy (non-hydrogen) atoms. The Morgan fingerprint density at radius 3 is 2.19 bits per heavy atom. The highest BCUT2D eigenvalue weighted by Crippen LogP contribution is 2.48. The maximum atomic E-state index is 14.4. The second-order valence-electron chi connectivity index (χ2n) is 9.30. The van der Waals surface area contributed by atoms with Crippen molar-refractivity contribution < 1.29 is 13.9 Å². The molecule has 1 aromatic rings. The Balaban J connectivity index is 1.27. The molecule has 3 aliphatic carbocycles. The molecule has 0 amide bonds. The van der Waals surface area contributed by atoms with Crippen molar-refractivity contribution in [1.82, 2.24) is 0 Å². The molecule has 0 heterocycles. The van der Waals surface area contributed by atoms with Gasteiger partial charge in [-0.05, 0) is 94.1 Å². The van der Waals surface area contributed by atoms with Crippen molar-refractivity contribution in [2.75, 3.05) is 13.2 Å². The Morgan fingerprint density at radius 1 is 0.852 bits per heavy atom.